The first-order chi connectivity index (χ1) is 10.9. The molecule has 0 radical (unpaired) electrons. The maximum absolute atomic E-state index is 13.7. The number of amides is 1. The monoisotopic (exact) mass is 354 g/mol. The Labute approximate surface area is 139 Å². The molecule has 3 aromatic rings. The van der Waals surface area contributed by atoms with Crippen LogP contribution in [0.1, 0.15) is 0 Å². The molecular weight excluding hydrogens is 346 g/mol. The number of anilines is 1. The van der Waals surface area contributed by atoms with Crippen LogP contribution in [0.4, 0.5) is 10.1 Å². The van der Waals surface area contributed by atoms with Gasteiger partial charge in [0.05, 0.1) is 11.2 Å². The number of aromatic nitrogens is 1. The Morgan fingerprint density at radius 3 is 2.61 bits per heavy atom. The van der Waals surface area contributed by atoms with E-state index < -0.39 is 17.5 Å². The second kappa shape index (κ2) is 6.06. The normalized spacial score (nSPS) is 10.9. The molecule has 5 nitrogen and oxygen atoms in total. The van der Waals surface area contributed by atoms with E-state index in [4.69, 9.17) is 27.6 Å². The van der Waals surface area contributed by atoms with Gasteiger partial charge in [0.1, 0.15) is 12.4 Å². The maximum Gasteiger partial charge on any atom is 0.420 e. The van der Waals surface area contributed by atoms with Crippen molar-refractivity contribution < 1.29 is 13.6 Å². The lowest BCUT2D eigenvalue weighted by molar-refractivity contribution is -0.116. The number of hydrogen-bond donors (Lipinski definition) is 1. The molecule has 0 bridgehead atoms. The predicted octanol–water partition coefficient (Wildman–Crippen LogP) is 3.68. The van der Waals surface area contributed by atoms with Crippen molar-refractivity contribution in [1.82, 2.24) is 4.57 Å². The fourth-order valence-electron chi connectivity index (χ4n) is 2.11. The Kier molecular flexibility index (Phi) is 4.11. The van der Waals surface area contributed by atoms with E-state index in [9.17, 15) is 14.0 Å². The van der Waals surface area contributed by atoms with E-state index in [1.54, 1.807) is 12.1 Å². The zero-order chi connectivity index (χ0) is 16.6. The average Bonchev–Trinajstić information content (AvgIpc) is 2.77. The summed E-state index contributed by atoms with van der Waals surface area (Å²) in [7, 11) is 0. The highest BCUT2D eigenvalue weighted by Crippen LogP contribution is 2.20. The molecule has 0 atom stereocenters. The van der Waals surface area contributed by atoms with Crippen molar-refractivity contribution in [2.75, 3.05) is 5.32 Å². The Hall–Kier alpha value is -2.31. The molecule has 1 heterocycles. The highest BCUT2D eigenvalue weighted by atomic mass is 35.5. The average molecular weight is 355 g/mol. The number of nitrogens with zero attached hydrogens (tertiary/aromatic N) is 1. The number of carbonyl (C=O) groups is 1. The van der Waals surface area contributed by atoms with Crippen LogP contribution < -0.4 is 11.1 Å². The van der Waals surface area contributed by atoms with Gasteiger partial charge in [-0.15, -0.1) is 0 Å². The van der Waals surface area contributed by atoms with E-state index in [1.807, 2.05) is 0 Å². The second-order valence-electron chi connectivity index (χ2n) is 4.74. The fourth-order valence-corrected chi connectivity index (χ4v) is 2.44. The van der Waals surface area contributed by atoms with Gasteiger partial charge in [0.25, 0.3) is 0 Å². The number of nitrogens with one attached hydrogen (secondary N) is 1. The molecule has 0 aliphatic heterocycles. The molecule has 1 amide bonds. The summed E-state index contributed by atoms with van der Waals surface area (Å²) in [4.78, 5) is 23.9. The first-order valence-corrected chi connectivity index (χ1v) is 7.23. The minimum absolute atomic E-state index is 0.0247. The summed E-state index contributed by atoms with van der Waals surface area (Å²) in [6, 6.07) is 8.49. The van der Waals surface area contributed by atoms with E-state index in [0.29, 0.717) is 10.5 Å². The number of benzene rings is 2. The Balaban J connectivity index is 1.86. The summed E-state index contributed by atoms with van der Waals surface area (Å²) >= 11 is 11.5. The summed E-state index contributed by atoms with van der Waals surface area (Å²) < 4.78 is 19.8. The van der Waals surface area contributed by atoms with Gasteiger partial charge in [-0.05, 0) is 30.3 Å². The molecule has 0 aliphatic carbocycles. The molecule has 0 spiro atoms. The van der Waals surface area contributed by atoms with E-state index in [-0.39, 0.29) is 22.8 Å². The quantitative estimate of drug-likeness (QED) is 0.780. The lowest BCUT2D eigenvalue weighted by Gasteiger charge is -2.07. The number of oxazole rings is 1. The first-order valence-electron chi connectivity index (χ1n) is 6.48. The molecular formula is C15H9Cl2FN2O3. The van der Waals surface area contributed by atoms with Crippen molar-refractivity contribution >= 4 is 45.9 Å². The third-order valence-electron chi connectivity index (χ3n) is 3.14. The van der Waals surface area contributed by atoms with Crippen LogP contribution >= 0.6 is 23.2 Å². The molecule has 2 aromatic carbocycles. The minimum atomic E-state index is -0.700. The number of rotatable bonds is 3. The molecule has 0 saturated carbocycles. The van der Waals surface area contributed by atoms with Gasteiger partial charge in [0, 0.05) is 16.1 Å². The molecule has 0 saturated heterocycles. The van der Waals surface area contributed by atoms with E-state index >= 15 is 0 Å². The Morgan fingerprint density at radius 1 is 1.17 bits per heavy atom. The van der Waals surface area contributed by atoms with Gasteiger partial charge in [-0.1, -0.05) is 23.2 Å². The molecule has 3 rings (SSSR count). The second-order valence-corrected chi connectivity index (χ2v) is 5.61. The van der Waals surface area contributed by atoms with Gasteiger partial charge in [-0.25, -0.2) is 9.18 Å². The van der Waals surface area contributed by atoms with Crippen molar-refractivity contribution in [3.8, 4) is 0 Å². The van der Waals surface area contributed by atoms with E-state index in [0.717, 1.165) is 10.6 Å². The van der Waals surface area contributed by atoms with Crippen molar-refractivity contribution in [2.45, 2.75) is 6.54 Å². The standard InChI is InChI=1S/C15H9Cl2FN2O3/c16-8-1-3-11(10(18)5-8)19-14(21)7-20-12-4-2-9(17)6-13(12)23-15(20)22/h1-6H,7H2,(H,19,21). The minimum Gasteiger partial charge on any atom is -0.408 e. The molecule has 23 heavy (non-hydrogen) atoms. The Morgan fingerprint density at radius 2 is 1.87 bits per heavy atom. The smallest absolute Gasteiger partial charge is 0.408 e. The van der Waals surface area contributed by atoms with Crippen molar-refractivity contribution in [3.05, 3.63) is 62.8 Å². The molecule has 1 aromatic heterocycles. The number of halogens is 3. The lowest BCUT2D eigenvalue weighted by atomic mass is 10.3. The SMILES string of the molecule is O=C(Cn1c(=O)oc2cc(Cl)ccc21)Nc1ccc(Cl)cc1F. The number of fused-ring (bicyclic) bond motifs is 1. The van der Waals surface area contributed by atoms with Crippen LogP contribution in [-0.2, 0) is 11.3 Å². The van der Waals surface area contributed by atoms with Gasteiger partial charge < -0.3 is 9.73 Å². The van der Waals surface area contributed by atoms with Gasteiger partial charge in [-0.2, -0.15) is 0 Å². The van der Waals surface area contributed by atoms with Crippen LogP contribution in [0.5, 0.6) is 0 Å². The largest absolute Gasteiger partial charge is 0.420 e. The molecule has 8 heteroatoms. The summed E-state index contributed by atoms with van der Waals surface area (Å²) in [6.07, 6.45) is 0. The van der Waals surface area contributed by atoms with Gasteiger partial charge in [-0.3, -0.25) is 9.36 Å². The van der Waals surface area contributed by atoms with Gasteiger partial charge >= 0.3 is 5.76 Å². The topological polar surface area (TPSA) is 64.2 Å². The summed E-state index contributed by atoms with van der Waals surface area (Å²) in [5.74, 6) is -1.94. The van der Waals surface area contributed by atoms with Crippen molar-refractivity contribution in [1.29, 1.82) is 0 Å². The zero-order valence-corrected chi connectivity index (χ0v) is 13.0. The number of carbonyl (C=O) groups excluding carboxylic acids is 1. The van der Waals surface area contributed by atoms with Gasteiger partial charge in [0.2, 0.25) is 5.91 Å². The highest BCUT2D eigenvalue weighted by molar-refractivity contribution is 6.31. The lowest BCUT2D eigenvalue weighted by Crippen LogP contribution is -2.25. The molecule has 118 valence electrons. The summed E-state index contributed by atoms with van der Waals surface area (Å²) in [5, 5.41) is 3.00. The maximum atomic E-state index is 13.7. The van der Waals surface area contributed by atoms with Crippen molar-refractivity contribution in [2.24, 2.45) is 0 Å². The molecule has 0 aliphatic rings. The summed E-state index contributed by atoms with van der Waals surface area (Å²) in [6.45, 7) is -0.324. The van der Waals surface area contributed by atoms with E-state index in [2.05, 4.69) is 5.32 Å². The zero-order valence-electron chi connectivity index (χ0n) is 11.5. The molecule has 1 N–H and O–H groups in total. The fraction of sp³-hybridized carbons (Fsp3) is 0.0667. The summed E-state index contributed by atoms with van der Waals surface area (Å²) in [5.41, 5.74) is 0.669. The predicted molar refractivity (Wildman–Crippen MR) is 85.5 cm³/mol. The van der Waals surface area contributed by atoms with Crippen LogP contribution in [0.25, 0.3) is 11.1 Å². The van der Waals surface area contributed by atoms with Crippen LogP contribution in [0.15, 0.2) is 45.6 Å². The van der Waals surface area contributed by atoms with Crippen LogP contribution in [-0.4, -0.2) is 10.5 Å². The molecule has 0 unspecified atom stereocenters. The third kappa shape index (κ3) is 3.23. The highest BCUT2D eigenvalue weighted by Gasteiger charge is 2.14. The Bertz CT molecular complexity index is 965. The first kappa shape index (κ1) is 15.6. The number of hydrogen-bond acceptors (Lipinski definition) is 3. The van der Waals surface area contributed by atoms with Crippen LogP contribution in [0.2, 0.25) is 10.0 Å². The van der Waals surface area contributed by atoms with Gasteiger partial charge in [0.15, 0.2) is 5.58 Å². The van der Waals surface area contributed by atoms with Crippen LogP contribution in [0.3, 0.4) is 0 Å². The third-order valence-corrected chi connectivity index (χ3v) is 3.61. The molecule has 0 fully saturated rings. The van der Waals surface area contributed by atoms with Crippen LogP contribution in [0, 0.1) is 5.82 Å². The van der Waals surface area contributed by atoms with E-state index in [1.165, 1.54) is 18.2 Å². The van der Waals surface area contributed by atoms with Crippen molar-refractivity contribution in [3.63, 3.8) is 0 Å².